The number of hydrogen-bond donors (Lipinski definition) is 0. The third kappa shape index (κ3) is 3.76. The molecule has 0 radical (unpaired) electrons. The summed E-state index contributed by atoms with van der Waals surface area (Å²) in [7, 11) is 0. The van der Waals surface area contributed by atoms with Gasteiger partial charge in [0.05, 0.1) is 0 Å². The van der Waals surface area contributed by atoms with Gasteiger partial charge in [-0.1, -0.05) is 0 Å². The Bertz CT molecular complexity index is 1770. The van der Waals surface area contributed by atoms with Gasteiger partial charge in [0.25, 0.3) is 0 Å². The fraction of sp³-hybridized carbons (Fsp3) is 0.226. The molecule has 2 nitrogen and oxygen atoms in total. The Balaban J connectivity index is 1.76. The summed E-state index contributed by atoms with van der Waals surface area (Å²) >= 11 is -0.468. The maximum atomic E-state index is 5.33. The first kappa shape index (κ1) is 22.7. The molecule has 3 heterocycles. The van der Waals surface area contributed by atoms with E-state index in [9.17, 15) is 0 Å². The van der Waals surface area contributed by atoms with E-state index in [1.54, 1.807) is 11.3 Å². The molecule has 0 saturated carbocycles. The van der Waals surface area contributed by atoms with Crippen molar-refractivity contribution < 1.29 is 0 Å². The minimum atomic E-state index is -2.26. The average Bonchev–Trinajstić information content (AvgIpc) is 3.20. The van der Waals surface area contributed by atoms with E-state index in [-0.39, 0.29) is 5.41 Å². The molecule has 6 aromatic rings. The van der Waals surface area contributed by atoms with Crippen molar-refractivity contribution in [1.82, 2.24) is 9.97 Å². The van der Waals surface area contributed by atoms with Crippen molar-refractivity contribution in [2.75, 3.05) is 0 Å². The van der Waals surface area contributed by atoms with Crippen LogP contribution in [0.3, 0.4) is 0 Å². The summed E-state index contributed by atoms with van der Waals surface area (Å²) in [5.74, 6) is 7.47. The third-order valence-electron chi connectivity index (χ3n) is 7.00. The van der Waals surface area contributed by atoms with E-state index in [1.165, 1.54) is 47.2 Å². The maximum absolute atomic E-state index is 5.33. The van der Waals surface area contributed by atoms with Crippen molar-refractivity contribution in [2.24, 2.45) is 0 Å². The fourth-order valence-electron chi connectivity index (χ4n) is 5.07. The van der Waals surface area contributed by atoms with Crippen molar-refractivity contribution in [3.05, 3.63) is 78.5 Å². The van der Waals surface area contributed by atoms with Crippen LogP contribution in [0.25, 0.3) is 53.2 Å². The summed E-state index contributed by atoms with van der Waals surface area (Å²) in [4.78, 5) is 11.1. The van der Waals surface area contributed by atoms with Crippen LogP contribution in [0.2, 0.25) is 17.3 Å². The molecule has 174 valence electrons. The third-order valence-corrected chi connectivity index (χ3v) is 12.4. The van der Waals surface area contributed by atoms with E-state index in [0.717, 1.165) is 16.0 Å². The molecule has 0 N–H and O–H groups in total. The van der Waals surface area contributed by atoms with E-state index < -0.39 is 13.3 Å². The Hall–Kier alpha value is -2.76. The van der Waals surface area contributed by atoms with Crippen molar-refractivity contribution in [1.29, 1.82) is 0 Å². The van der Waals surface area contributed by atoms with Crippen LogP contribution in [-0.4, -0.2) is 23.2 Å². The van der Waals surface area contributed by atoms with Crippen LogP contribution in [0.1, 0.15) is 26.3 Å². The van der Waals surface area contributed by atoms with Gasteiger partial charge in [0, 0.05) is 0 Å². The molecule has 0 spiro atoms. The molecule has 4 heteroatoms. The zero-order valence-electron chi connectivity index (χ0n) is 21.2. The molecule has 0 fully saturated rings. The first-order valence-corrected chi connectivity index (χ1v) is 20.4. The van der Waals surface area contributed by atoms with Crippen LogP contribution in [0, 0.1) is 0 Å². The minimum absolute atomic E-state index is 0.0388. The number of hydrogen-bond acceptors (Lipinski definition) is 3. The van der Waals surface area contributed by atoms with E-state index in [4.69, 9.17) is 9.97 Å². The number of benzene rings is 3. The molecule has 0 aliphatic carbocycles. The van der Waals surface area contributed by atoms with Crippen molar-refractivity contribution in [3.63, 3.8) is 0 Å². The van der Waals surface area contributed by atoms with E-state index >= 15 is 0 Å². The quantitative estimate of drug-likeness (QED) is 0.164. The Morgan fingerprint density at radius 2 is 1.57 bits per heavy atom. The molecule has 0 aliphatic rings. The van der Waals surface area contributed by atoms with Gasteiger partial charge in [-0.3, -0.25) is 0 Å². The van der Waals surface area contributed by atoms with Gasteiger partial charge >= 0.3 is 214 Å². The van der Waals surface area contributed by atoms with Crippen molar-refractivity contribution in [2.45, 2.75) is 43.5 Å². The molecular formula is C31H30GeN2S. The van der Waals surface area contributed by atoms with Gasteiger partial charge in [-0.05, 0) is 0 Å². The molecule has 0 aliphatic heterocycles. The van der Waals surface area contributed by atoms with Gasteiger partial charge in [-0.2, -0.15) is 0 Å². The average molecular weight is 535 g/mol. The Labute approximate surface area is 213 Å². The molecule has 3 aromatic heterocycles. The van der Waals surface area contributed by atoms with Crippen LogP contribution >= 0.6 is 11.3 Å². The standard InChI is InChI=1S/C31H30GeN2S/c1-31(2,3)20-16-23-22-12-9-15-33-30(22)35-29(23)24(17-20)27-18-25(32(4,5)6)28-21-11-8-7-10-19(21)13-14-26(28)34-27/h7-18H,1-6H3. The summed E-state index contributed by atoms with van der Waals surface area (Å²) in [6, 6.07) is 24.6. The summed E-state index contributed by atoms with van der Waals surface area (Å²) in [6.45, 7) is 6.88. The van der Waals surface area contributed by atoms with Crippen LogP contribution in [0.15, 0.2) is 72.9 Å². The number of pyridine rings is 2. The predicted molar refractivity (Wildman–Crippen MR) is 157 cm³/mol. The summed E-state index contributed by atoms with van der Waals surface area (Å²) < 4.78 is 2.81. The molecule has 6 rings (SSSR count). The van der Waals surface area contributed by atoms with Crippen molar-refractivity contribution in [3.8, 4) is 11.3 Å². The molecule has 0 amide bonds. The van der Waals surface area contributed by atoms with Crippen LogP contribution in [-0.2, 0) is 5.41 Å². The Kier molecular flexibility index (Phi) is 5.10. The second-order valence-corrected chi connectivity index (χ2v) is 23.2. The number of fused-ring (bicyclic) bond motifs is 6. The number of aromatic nitrogens is 2. The molecule has 0 bridgehead atoms. The number of thiophene rings is 1. The normalized spacial score (nSPS) is 12.9. The monoisotopic (exact) mass is 536 g/mol. The van der Waals surface area contributed by atoms with Crippen LogP contribution in [0.4, 0.5) is 0 Å². The van der Waals surface area contributed by atoms with Gasteiger partial charge < -0.3 is 0 Å². The van der Waals surface area contributed by atoms with E-state index in [1.807, 2.05) is 12.3 Å². The molecule has 0 saturated heterocycles. The fourth-order valence-corrected chi connectivity index (χ4v) is 9.54. The number of nitrogens with zero attached hydrogens (tertiary/aromatic N) is 2. The zero-order valence-corrected chi connectivity index (χ0v) is 24.1. The van der Waals surface area contributed by atoms with Crippen LogP contribution < -0.4 is 4.40 Å². The summed E-state index contributed by atoms with van der Waals surface area (Å²) in [5.41, 5.74) is 4.80. The van der Waals surface area contributed by atoms with E-state index in [2.05, 4.69) is 98.7 Å². The van der Waals surface area contributed by atoms with Gasteiger partial charge in [0.1, 0.15) is 0 Å². The first-order chi connectivity index (χ1) is 16.6. The molecule has 35 heavy (non-hydrogen) atoms. The Morgan fingerprint density at radius 3 is 2.34 bits per heavy atom. The van der Waals surface area contributed by atoms with E-state index in [0.29, 0.717) is 0 Å². The van der Waals surface area contributed by atoms with Gasteiger partial charge in [-0.25, -0.2) is 0 Å². The van der Waals surface area contributed by atoms with Gasteiger partial charge in [0.15, 0.2) is 0 Å². The molecular weight excluding hydrogens is 505 g/mol. The van der Waals surface area contributed by atoms with Crippen LogP contribution in [0.5, 0.6) is 0 Å². The summed E-state index contributed by atoms with van der Waals surface area (Å²) in [5, 5.41) is 6.48. The molecule has 0 unspecified atom stereocenters. The first-order valence-electron chi connectivity index (χ1n) is 12.3. The second kappa shape index (κ2) is 7.87. The molecule has 3 aromatic carbocycles. The second-order valence-electron chi connectivity index (χ2n) is 11.6. The zero-order chi connectivity index (χ0) is 24.5. The molecule has 0 atom stereocenters. The summed E-state index contributed by atoms with van der Waals surface area (Å²) in [6.07, 6.45) is 1.90. The topological polar surface area (TPSA) is 25.8 Å². The Morgan fingerprint density at radius 1 is 0.800 bits per heavy atom. The van der Waals surface area contributed by atoms with Gasteiger partial charge in [-0.15, -0.1) is 0 Å². The van der Waals surface area contributed by atoms with Crippen molar-refractivity contribution >= 4 is 71.0 Å². The SMILES string of the molecule is CC(C)(C)c1cc(-c2c[c]([Ge]([CH3])([CH3])[CH3])c3c(ccc4ccccc43)n2)c2sc3ncccc3c2c1. The van der Waals surface area contributed by atoms with Gasteiger partial charge in [0.2, 0.25) is 0 Å². The number of rotatable bonds is 2. The predicted octanol–water partition coefficient (Wildman–Crippen LogP) is 8.66.